The number of rotatable bonds is 8. The SMILES string of the molecule is Cc1ccc(-c2cc(C(=O)NCCCN3CCCCC3C)n(-c3ccc([N+](=O)[O-])cc3)n2)cc1C. The van der Waals surface area contributed by atoms with Gasteiger partial charge in [-0.1, -0.05) is 18.6 Å². The number of aromatic nitrogens is 2. The van der Waals surface area contributed by atoms with Crippen LogP contribution < -0.4 is 5.32 Å². The van der Waals surface area contributed by atoms with E-state index in [4.69, 9.17) is 5.10 Å². The van der Waals surface area contributed by atoms with E-state index < -0.39 is 4.92 Å². The second-order valence-electron chi connectivity index (χ2n) is 9.39. The number of hydrogen-bond donors (Lipinski definition) is 1. The van der Waals surface area contributed by atoms with Crippen LogP contribution in [0.1, 0.15) is 54.2 Å². The van der Waals surface area contributed by atoms with Gasteiger partial charge >= 0.3 is 0 Å². The van der Waals surface area contributed by atoms with Gasteiger partial charge in [0.1, 0.15) is 5.69 Å². The number of nitro benzene ring substituents is 1. The minimum absolute atomic E-state index is 0.00627. The fourth-order valence-electron chi connectivity index (χ4n) is 4.56. The molecule has 2 aromatic carbocycles. The number of carbonyl (C=O) groups is 1. The molecule has 0 aliphatic carbocycles. The number of aryl methyl sites for hydroxylation is 2. The molecule has 1 amide bonds. The van der Waals surface area contributed by atoms with E-state index in [1.54, 1.807) is 22.9 Å². The Balaban J connectivity index is 1.54. The predicted molar refractivity (Wildman–Crippen MR) is 137 cm³/mol. The molecule has 0 bridgehead atoms. The quantitative estimate of drug-likeness (QED) is 0.279. The average molecular weight is 476 g/mol. The molecular weight excluding hydrogens is 442 g/mol. The second kappa shape index (κ2) is 10.8. The van der Waals surface area contributed by atoms with Crippen LogP contribution in [0.2, 0.25) is 0 Å². The van der Waals surface area contributed by atoms with Crippen molar-refractivity contribution < 1.29 is 9.72 Å². The Kier molecular flexibility index (Phi) is 7.60. The van der Waals surface area contributed by atoms with Crippen molar-refractivity contribution in [3.63, 3.8) is 0 Å². The van der Waals surface area contributed by atoms with E-state index in [-0.39, 0.29) is 11.6 Å². The van der Waals surface area contributed by atoms with Gasteiger partial charge in [-0.3, -0.25) is 14.9 Å². The third-order valence-corrected chi connectivity index (χ3v) is 6.90. The standard InChI is InChI=1S/C27H33N5O3/c1-19-8-9-22(17-20(19)2)25-18-26(31(29-25)23-10-12-24(13-11-23)32(34)35)27(33)28-14-6-16-30-15-5-4-7-21(30)3/h8-13,17-18,21H,4-7,14-16H2,1-3H3,(H,28,33). The van der Waals surface area contributed by atoms with Crippen molar-refractivity contribution in [1.29, 1.82) is 0 Å². The van der Waals surface area contributed by atoms with Gasteiger partial charge in [-0.05, 0) is 82.0 Å². The van der Waals surface area contributed by atoms with E-state index in [0.717, 1.165) is 30.6 Å². The number of piperidine rings is 1. The average Bonchev–Trinajstić information content (AvgIpc) is 3.30. The minimum Gasteiger partial charge on any atom is -0.351 e. The highest BCUT2D eigenvalue weighted by Crippen LogP contribution is 2.25. The molecule has 1 unspecified atom stereocenters. The number of carbonyl (C=O) groups excluding carboxylic acids is 1. The highest BCUT2D eigenvalue weighted by molar-refractivity contribution is 5.94. The van der Waals surface area contributed by atoms with Gasteiger partial charge in [-0.2, -0.15) is 5.10 Å². The maximum absolute atomic E-state index is 13.2. The van der Waals surface area contributed by atoms with Crippen LogP contribution in [0.25, 0.3) is 16.9 Å². The van der Waals surface area contributed by atoms with Crippen molar-refractivity contribution in [1.82, 2.24) is 20.0 Å². The molecule has 35 heavy (non-hydrogen) atoms. The van der Waals surface area contributed by atoms with Gasteiger partial charge in [-0.15, -0.1) is 0 Å². The Bertz CT molecular complexity index is 1200. The molecule has 3 aromatic rings. The number of benzene rings is 2. The third-order valence-electron chi connectivity index (χ3n) is 6.90. The van der Waals surface area contributed by atoms with Crippen molar-refractivity contribution in [2.75, 3.05) is 19.6 Å². The van der Waals surface area contributed by atoms with Crippen LogP contribution in [0, 0.1) is 24.0 Å². The first-order valence-electron chi connectivity index (χ1n) is 12.3. The Morgan fingerprint density at radius 1 is 1.11 bits per heavy atom. The first kappa shape index (κ1) is 24.6. The first-order valence-corrected chi connectivity index (χ1v) is 12.3. The summed E-state index contributed by atoms with van der Waals surface area (Å²) in [4.78, 5) is 26.3. The van der Waals surface area contributed by atoms with E-state index in [0.29, 0.717) is 29.7 Å². The lowest BCUT2D eigenvalue weighted by Crippen LogP contribution is -2.39. The predicted octanol–water partition coefficient (Wildman–Crippen LogP) is 5.06. The van der Waals surface area contributed by atoms with Crippen molar-refractivity contribution in [3.8, 4) is 16.9 Å². The van der Waals surface area contributed by atoms with Crippen molar-refractivity contribution >= 4 is 11.6 Å². The van der Waals surface area contributed by atoms with E-state index in [1.807, 2.05) is 19.1 Å². The van der Waals surface area contributed by atoms with Gasteiger partial charge in [0, 0.05) is 36.8 Å². The Morgan fingerprint density at radius 2 is 1.89 bits per heavy atom. The summed E-state index contributed by atoms with van der Waals surface area (Å²) in [6.07, 6.45) is 4.66. The summed E-state index contributed by atoms with van der Waals surface area (Å²) in [6, 6.07) is 14.6. The van der Waals surface area contributed by atoms with Gasteiger partial charge in [0.05, 0.1) is 16.3 Å². The fourth-order valence-corrected chi connectivity index (χ4v) is 4.56. The zero-order valence-corrected chi connectivity index (χ0v) is 20.7. The molecule has 8 nitrogen and oxygen atoms in total. The molecule has 0 spiro atoms. The number of likely N-dealkylation sites (tertiary alicyclic amines) is 1. The molecule has 1 N–H and O–H groups in total. The number of nitrogens with zero attached hydrogens (tertiary/aromatic N) is 4. The Hall–Kier alpha value is -3.52. The van der Waals surface area contributed by atoms with Gasteiger partial charge < -0.3 is 10.2 Å². The molecular formula is C27H33N5O3. The molecule has 8 heteroatoms. The lowest BCUT2D eigenvalue weighted by atomic mass is 10.0. The summed E-state index contributed by atoms with van der Waals surface area (Å²) in [5.74, 6) is -0.211. The van der Waals surface area contributed by atoms with Gasteiger partial charge in [-0.25, -0.2) is 4.68 Å². The number of non-ortho nitro benzene ring substituents is 1. The zero-order valence-electron chi connectivity index (χ0n) is 20.7. The highest BCUT2D eigenvalue weighted by Gasteiger charge is 2.20. The number of nitrogens with one attached hydrogen (secondary N) is 1. The highest BCUT2D eigenvalue weighted by atomic mass is 16.6. The van der Waals surface area contributed by atoms with Gasteiger partial charge in [0.2, 0.25) is 0 Å². The molecule has 4 rings (SSSR count). The van der Waals surface area contributed by atoms with Crippen molar-refractivity contribution in [2.24, 2.45) is 0 Å². The van der Waals surface area contributed by atoms with Crippen LogP contribution in [0.3, 0.4) is 0 Å². The van der Waals surface area contributed by atoms with Crippen LogP contribution >= 0.6 is 0 Å². The largest absolute Gasteiger partial charge is 0.351 e. The number of amides is 1. The second-order valence-corrected chi connectivity index (χ2v) is 9.39. The minimum atomic E-state index is -0.440. The lowest BCUT2D eigenvalue weighted by Gasteiger charge is -2.33. The maximum Gasteiger partial charge on any atom is 0.270 e. The molecule has 0 radical (unpaired) electrons. The summed E-state index contributed by atoms with van der Waals surface area (Å²) >= 11 is 0. The molecule has 1 fully saturated rings. The van der Waals surface area contributed by atoms with Crippen LogP contribution in [0.5, 0.6) is 0 Å². The Labute approximate surface area is 206 Å². The summed E-state index contributed by atoms with van der Waals surface area (Å²) < 4.78 is 1.57. The van der Waals surface area contributed by atoms with E-state index >= 15 is 0 Å². The summed E-state index contributed by atoms with van der Waals surface area (Å²) in [5.41, 5.74) is 4.92. The van der Waals surface area contributed by atoms with Crippen LogP contribution in [0.15, 0.2) is 48.5 Å². The smallest absolute Gasteiger partial charge is 0.270 e. The monoisotopic (exact) mass is 475 g/mol. The maximum atomic E-state index is 13.2. The molecule has 0 saturated carbocycles. The first-order chi connectivity index (χ1) is 16.8. The lowest BCUT2D eigenvalue weighted by molar-refractivity contribution is -0.384. The summed E-state index contributed by atoms with van der Waals surface area (Å²) in [5, 5.41) is 18.8. The molecule has 1 atom stereocenters. The van der Waals surface area contributed by atoms with Crippen LogP contribution in [0.4, 0.5) is 5.69 Å². The summed E-state index contributed by atoms with van der Waals surface area (Å²) in [7, 11) is 0. The molecule has 2 heterocycles. The fraction of sp³-hybridized carbons (Fsp3) is 0.407. The molecule has 1 saturated heterocycles. The molecule has 1 aliphatic heterocycles. The van der Waals surface area contributed by atoms with Crippen molar-refractivity contribution in [2.45, 2.75) is 52.5 Å². The van der Waals surface area contributed by atoms with Gasteiger partial charge in [0.15, 0.2) is 0 Å². The Morgan fingerprint density at radius 3 is 2.57 bits per heavy atom. The number of hydrogen-bond acceptors (Lipinski definition) is 5. The van der Waals surface area contributed by atoms with Crippen LogP contribution in [-0.4, -0.2) is 51.2 Å². The molecule has 1 aliphatic rings. The van der Waals surface area contributed by atoms with Crippen molar-refractivity contribution in [3.05, 3.63) is 75.5 Å². The molecule has 1 aromatic heterocycles. The normalized spacial score (nSPS) is 16.3. The number of nitro groups is 1. The van der Waals surface area contributed by atoms with Crippen LogP contribution in [-0.2, 0) is 0 Å². The van der Waals surface area contributed by atoms with E-state index in [1.165, 1.54) is 37.0 Å². The van der Waals surface area contributed by atoms with E-state index in [2.05, 4.69) is 30.1 Å². The topological polar surface area (TPSA) is 93.3 Å². The van der Waals surface area contributed by atoms with E-state index in [9.17, 15) is 14.9 Å². The summed E-state index contributed by atoms with van der Waals surface area (Å²) in [6.45, 7) is 9.04. The molecule has 184 valence electrons. The third kappa shape index (κ3) is 5.77. The van der Waals surface area contributed by atoms with Gasteiger partial charge in [0.25, 0.3) is 11.6 Å². The zero-order chi connectivity index (χ0) is 24.9.